The van der Waals surface area contributed by atoms with Crippen LogP contribution in [-0.4, -0.2) is 70.7 Å². The van der Waals surface area contributed by atoms with Crippen molar-refractivity contribution in [3.05, 3.63) is 63.9 Å². The van der Waals surface area contributed by atoms with Gasteiger partial charge in [0, 0.05) is 43.9 Å². The number of hydrogen-bond acceptors (Lipinski definition) is 4. The van der Waals surface area contributed by atoms with E-state index in [1.54, 1.807) is 29.3 Å². The molecule has 2 amide bonds. The van der Waals surface area contributed by atoms with E-state index in [9.17, 15) is 9.59 Å². The Bertz CT molecular complexity index is 1120. The number of carbonyl (C=O) groups excluding carboxylic acids is 2. The number of aromatic nitrogens is 1. The Labute approximate surface area is 215 Å². The monoisotopic (exact) mass is 513 g/mol. The van der Waals surface area contributed by atoms with Crippen LogP contribution in [0.5, 0.6) is 0 Å². The van der Waals surface area contributed by atoms with Crippen molar-refractivity contribution in [2.45, 2.75) is 37.6 Å². The molecule has 5 rings (SSSR count). The van der Waals surface area contributed by atoms with E-state index in [-0.39, 0.29) is 11.8 Å². The second-order valence-electron chi connectivity index (χ2n) is 9.57. The lowest BCUT2D eigenvalue weighted by molar-refractivity contribution is -0.123. The summed E-state index contributed by atoms with van der Waals surface area (Å²) in [5.41, 5.74) is 0.480. The van der Waals surface area contributed by atoms with Crippen LogP contribution in [0.4, 0.5) is 0 Å². The standard InChI is InChI=1S/C26H29Cl2N5O2/c27-19-6-7-20(21(28)17-19)24(34)33-15-13-32(14-16-33)23(22-3-1-2-11-29-22)31-26(9-10-26)25(35)30-12-8-18-4-5-18/h1-3,6-7,11,17-18H,4-5,8-10,12-16H2,(H,30,35). The van der Waals surface area contributed by atoms with Crippen LogP contribution in [0, 0.1) is 5.92 Å². The number of rotatable bonds is 7. The van der Waals surface area contributed by atoms with Gasteiger partial charge in [0.1, 0.15) is 11.2 Å². The summed E-state index contributed by atoms with van der Waals surface area (Å²) in [6.45, 7) is 2.93. The molecule has 7 nitrogen and oxygen atoms in total. The number of amidine groups is 1. The van der Waals surface area contributed by atoms with E-state index >= 15 is 0 Å². The van der Waals surface area contributed by atoms with Crippen LogP contribution in [0.25, 0.3) is 0 Å². The molecule has 1 aliphatic heterocycles. The SMILES string of the molecule is O=C(c1ccc(Cl)cc1Cl)N1CCN(C(=NC2(C(=O)NCCC3CC3)CC2)c2ccccn2)CC1. The Morgan fingerprint density at radius 1 is 1.06 bits per heavy atom. The zero-order valence-corrected chi connectivity index (χ0v) is 21.1. The third-order valence-electron chi connectivity index (χ3n) is 6.92. The van der Waals surface area contributed by atoms with Crippen LogP contribution < -0.4 is 5.32 Å². The van der Waals surface area contributed by atoms with Crippen molar-refractivity contribution in [2.75, 3.05) is 32.7 Å². The zero-order chi connectivity index (χ0) is 24.4. The molecule has 0 spiro atoms. The largest absolute Gasteiger partial charge is 0.354 e. The quantitative estimate of drug-likeness (QED) is 0.447. The molecule has 9 heteroatoms. The van der Waals surface area contributed by atoms with E-state index in [2.05, 4.69) is 15.2 Å². The molecule has 184 valence electrons. The molecule has 0 radical (unpaired) electrons. The van der Waals surface area contributed by atoms with Gasteiger partial charge in [-0.15, -0.1) is 0 Å². The van der Waals surface area contributed by atoms with Crippen LogP contribution >= 0.6 is 23.2 Å². The number of benzene rings is 1. The van der Waals surface area contributed by atoms with Crippen molar-refractivity contribution in [2.24, 2.45) is 10.9 Å². The van der Waals surface area contributed by atoms with E-state index in [4.69, 9.17) is 28.2 Å². The topological polar surface area (TPSA) is 77.9 Å². The summed E-state index contributed by atoms with van der Waals surface area (Å²) in [5, 5.41) is 3.96. The average molecular weight is 514 g/mol. The maximum Gasteiger partial charge on any atom is 0.255 e. The van der Waals surface area contributed by atoms with Crippen molar-refractivity contribution in [3.63, 3.8) is 0 Å². The van der Waals surface area contributed by atoms with Crippen molar-refractivity contribution in [3.8, 4) is 0 Å². The van der Waals surface area contributed by atoms with E-state index in [1.165, 1.54) is 12.8 Å². The van der Waals surface area contributed by atoms with Crippen molar-refractivity contribution in [1.29, 1.82) is 0 Å². The van der Waals surface area contributed by atoms with Gasteiger partial charge in [-0.05, 0) is 55.5 Å². The van der Waals surface area contributed by atoms with Crippen LogP contribution in [0.15, 0.2) is 47.6 Å². The highest BCUT2D eigenvalue weighted by molar-refractivity contribution is 6.36. The lowest BCUT2D eigenvalue weighted by atomic mass is 10.1. The van der Waals surface area contributed by atoms with Gasteiger partial charge < -0.3 is 15.1 Å². The first-order chi connectivity index (χ1) is 16.9. The van der Waals surface area contributed by atoms with Gasteiger partial charge in [0.05, 0.1) is 10.6 Å². The second kappa shape index (κ2) is 10.2. The van der Waals surface area contributed by atoms with Crippen molar-refractivity contribution < 1.29 is 9.59 Å². The molecule has 2 heterocycles. The minimum atomic E-state index is -0.708. The predicted molar refractivity (Wildman–Crippen MR) is 137 cm³/mol. The number of halogens is 2. The molecule has 2 saturated carbocycles. The van der Waals surface area contributed by atoms with Gasteiger partial charge in [-0.25, -0.2) is 4.99 Å². The fraction of sp³-hybridized carbons (Fsp3) is 0.462. The van der Waals surface area contributed by atoms with E-state index in [0.717, 1.165) is 36.7 Å². The predicted octanol–water partition coefficient (Wildman–Crippen LogP) is 4.04. The summed E-state index contributed by atoms with van der Waals surface area (Å²) < 4.78 is 0. The number of carbonyl (C=O) groups is 2. The number of amides is 2. The summed E-state index contributed by atoms with van der Waals surface area (Å²) in [4.78, 5) is 39.5. The molecule has 2 aromatic rings. The Kier molecular flexibility index (Phi) is 6.98. The Balaban J connectivity index is 1.30. The summed E-state index contributed by atoms with van der Waals surface area (Å²) >= 11 is 12.2. The smallest absolute Gasteiger partial charge is 0.255 e. The summed E-state index contributed by atoms with van der Waals surface area (Å²) in [7, 11) is 0. The molecule has 1 saturated heterocycles. The molecule has 0 bridgehead atoms. The normalized spacial score (nSPS) is 19.4. The summed E-state index contributed by atoms with van der Waals surface area (Å²) in [6.07, 6.45) is 6.83. The molecule has 3 fully saturated rings. The molecule has 2 aliphatic carbocycles. The molecule has 1 aromatic heterocycles. The van der Waals surface area contributed by atoms with Crippen LogP contribution in [0.1, 0.15) is 48.2 Å². The van der Waals surface area contributed by atoms with Gasteiger partial charge in [0.15, 0.2) is 5.84 Å². The lowest BCUT2D eigenvalue weighted by Gasteiger charge is -2.37. The number of aliphatic imine (C=N–C) groups is 1. The Morgan fingerprint density at radius 2 is 1.80 bits per heavy atom. The number of hydrogen-bond donors (Lipinski definition) is 1. The lowest BCUT2D eigenvalue weighted by Crippen LogP contribution is -2.51. The molecule has 35 heavy (non-hydrogen) atoms. The molecule has 1 aromatic carbocycles. The van der Waals surface area contributed by atoms with Gasteiger partial charge >= 0.3 is 0 Å². The minimum absolute atomic E-state index is 0.0118. The molecule has 0 unspecified atom stereocenters. The molecule has 1 N–H and O–H groups in total. The second-order valence-corrected chi connectivity index (χ2v) is 10.4. The first-order valence-corrected chi connectivity index (χ1v) is 13.0. The summed E-state index contributed by atoms with van der Waals surface area (Å²) in [5.74, 6) is 1.39. The highest BCUT2D eigenvalue weighted by Crippen LogP contribution is 2.41. The average Bonchev–Trinajstić information content (AvgIpc) is 3.79. The highest BCUT2D eigenvalue weighted by Gasteiger charge is 2.51. The fourth-order valence-electron chi connectivity index (χ4n) is 4.41. The highest BCUT2D eigenvalue weighted by atomic mass is 35.5. The maximum absolute atomic E-state index is 13.0. The molecule has 3 aliphatic rings. The number of piperazine rings is 1. The van der Waals surface area contributed by atoms with Gasteiger partial charge in [-0.2, -0.15) is 0 Å². The van der Waals surface area contributed by atoms with Crippen molar-refractivity contribution >= 4 is 40.9 Å². The minimum Gasteiger partial charge on any atom is -0.354 e. The molecule has 0 atom stereocenters. The summed E-state index contributed by atoms with van der Waals surface area (Å²) in [6, 6.07) is 10.6. The maximum atomic E-state index is 13.0. The van der Waals surface area contributed by atoms with Crippen LogP contribution in [0.2, 0.25) is 10.0 Å². The third-order valence-corrected chi connectivity index (χ3v) is 7.47. The molecular weight excluding hydrogens is 485 g/mol. The van der Waals surface area contributed by atoms with Gasteiger partial charge in [0.25, 0.3) is 5.91 Å². The Hall–Kier alpha value is -2.64. The molecular formula is C26H29Cl2N5O2. The first kappa shape index (κ1) is 24.1. The van der Waals surface area contributed by atoms with Gasteiger partial charge in [-0.1, -0.05) is 42.1 Å². The van der Waals surface area contributed by atoms with Crippen LogP contribution in [0.3, 0.4) is 0 Å². The Morgan fingerprint density at radius 3 is 2.43 bits per heavy atom. The van der Waals surface area contributed by atoms with E-state index < -0.39 is 5.54 Å². The fourth-order valence-corrected chi connectivity index (χ4v) is 4.90. The number of nitrogens with zero attached hydrogens (tertiary/aromatic N) is 4. The van der Waals surface area contributed by atoms with Crippen molar-refractivity contribution in [1.82, 2.24) is 20.1 Å². The van der Waals surface area contributed by atoms with Gasteiger partial charge in [-0.3, -0.25) is 14.6 Å². The van der Waals surface area contributed by atoms with E-state index in [0.29, 0.717) is 48.3 Å². The third kappa shape index (κ3) is 5.62. The van der Waals surface area contributed by atoms with Crippen LogP contribution in [-0.2, 0) is 4.79 Å². The zero-order valence-electron chi connectivity index (χ0n) is 19.6. The first-order valence-electron chi connectivity index (χ1n) is 12.2. The van der Waals surface area contributed by atoms with Gasteiger partial charge in [0.2, 0.25) is 5.91 Å². The number of pyridine rings is 1. The number of nitrogens with one attached hydrogen (secondary N) is 1. The van der Waals surface area contributed by atoms with E-state index in [1.807, 2.05) is 18.2 Å².